The number of nitrogens with one attached hydrogen (secondary N) is 4. The average Bonchev–Trinajstić information content (AvgIpc) is 3.15. The Morgan fingerprint density at radius 1 is 0.481 bits per heavy atom. The maximum absolute atomic E-state index is 13.4. The number of hydrogen-bond acceptors (Lipinski definition) is 6. The van der Waals surface area contributed by atoms with Crippen LogP contribution in [0.3, 0.4) is 0 Å². The normalized spacial score (nSPS) is 15.9. The van der Waals surface area contributed by atoms with Crippen molar-refractivity contribution in [2.45, 2.75) is 86.1 Å². The summed E-state index contributed by atoms with van der Waals surface area (Å²) in [5.74, 6) is -0.593. The molecule has 0 saturated heterocycles. The summed E-state index contributed by atoms with van der Waals surface area (Å²) in [7, 11) is -7.30. The Morgan fingerprint density at radius 3 is 1.19 bits per heavy atom. The van der Waals surface area contributed by atoms with Crippen LogP contribution in [0.1, 0.15) is 84.9 Å². The van der Waals surface area contributed by atoms with E-state index in [-0.39, 0.29) is 60.0 Å². The Bertz CT molecular complexity index is 1930. The zero-order valence-electron chi connectivity index (χ0n) is 28.5. The molecule has 0 spiro atoms. The first kappa shape index (κ1) is 38.4. The summed E-state index contributed by atoms with van der Waals surface area (Å²) in [4.78, 5) is 27.2. The molecule has 14 heteroatoms. The van der Waals surface area contributed by atoms with E-state index < -0.39 is 20.0 Å². The molecule has 4 aromatic rings. The Kier molecular flexibility index (Phi) is 13.0. The van der Waals surface area contributed by atoms with Gasteiger partial charge in [-0.05, 0) is 0 Å². The van der Waals surface area contributed by atoms with Crippen molar-refractivity contribution in [3.63, 3.8) is 0 Å². The summed E-state index contributed by atoms with van der Waals surface area (Å²) in [6.45, 7) is 0. The monoisotopic (exact) mass is 874 g/mol. The summed E-state index contributed by atoms with van der Waals surface area (Å²) >= 11 is -0.303. The zero-order chi connectivity index (χ0) is 36.6. The van der Waals surface area contributed by atoms with Gasteiger partial charge < -0.3 is 0 Å². The minimum absolute atomic E-state index is 0.0433. The minimum atomic E-state index is -3.65. The Labute approximate surface area is 317 Å². The molecule has 2 fully saturated rings. The van der Waals surface area contributed by atoms with Crippen LogP contribution in [-0.4, -0.2) is 67.0 Å². The molecule has 0 heterocycles. The van der Waals surface area contributed by atoms with Gasteiger partial charge in [0.05, 0.1) is 0 Å². The number of rotatable bonds is 13. The number of amides is 2. The standard InChI is InChI=1S/C38H42N4O6S2Se2/c43-37(39-27-19-23-31(24-20-27)49(45,46)41-29-11-3-1-4-12-29)33-15-7-9-17-35(33)51-52-36-18-10-8-16-34(36)38(44)40-28-21-25-32(26-22-28)50(47,48)42-30-13-5-2-6-14-30/h7-10,15-26,29-30,41-42H,1-6,11-14H2,(H,39,43)(H,40,44). The first-order valence-corrected chi connectivity index (χ1v) is 26.5. The molecule has 274 valence electrons. The van der Waals surface area contributed by atoms with E-state index in [1.54, 1.807) is 48.5 Å². The van der Waals surface area contributed by atoms with E-state index in [9.17, 15) is 26.4 Å². The molecule has 4 aromatic carbocycles. The number of benzene rings is 4. The van der Waals surface area contributed by atoms with Crippen molar-refractivity contribution < 1.29 is 26.4 Å². The molecule has 0 bridgehead atoms. The van der Waals surface area contributed by atoms with Crippen LogP contribution in [0.15, 0.2) is 107 Å². The van der Waals surface area contributed by atoms with Gasteiger partial charge in [0.15, 0.2) is 0 Å². The van der Waals surface area contributed by atoms with E-state index in [0.29, 0.717) is 22.5 Å². The fourth-order valence-corrected chi connectivity index (χ4v) is 16.1. The van der Waals surface area contributed by atoms with Crippen LogP contribution in [0, 0.1) is 0 Å². The second-order valence-electron chi connectivity index (χ2n) is 13.0. The summed E-state index contributed by atoms with van der Waals surface area (Å²) in [5, 5.41) is 5.81. The van der Waals surface area contributed by atoms with Gasteiger partial charge in [-0.15, -0.1) is 0 Å². The number of carbonyl (C=O) groups excluding carboxylic acids is 2. The number of hydrogen-bond donors (Lipinski definition) is 4. The van der Waals surface area contributed by atoms with Gasteiger partial charge >= 0.3 is 281 Å². The second kappa shape index (κ2) is 17.7. The van der Waals surface area contributed by atoms with Crippen LogP contribution in [0.25, 0.3) is 0 Å². The van der Waals surface area contributed by atoms with E-state index in [1.165, 1.54) is 24.3 Å². The van der Waals surface area contributed by atoms with Gasteiger partial charge in [0.1, 0.15) is 0 Å². The van der Waals surface area contributed by atoms with Gasteiger partial charge in [0.25, 0.3) is 0 Å². The van der Waals surface area contributed by atoms with Gasteiger partial charge in [-0.2, -0.15) is 0 Å². The maximum atomic E-state index is 13.4. The van der Waals surface area contributed by atoms with Crippen molar-refractivity contribution in [1.82, 2.24) is 9.44 Å². The van der Waals surface area contributed by atoms with Crippen molar-refractivity contribution in [2.75, 3.05) is 10.6 Å². The fourth-order valence-electron chi connectivity index (χ4n) is 6.39. The van der Waals surface area contributed by atoms with E-state index in [0.717, 1.165) is 73.1 Å². The van der Waals surface area contributed by atoms with E-state index in [4.69, 9.17) is 0 Å². The van der Waals surface area contributed by atoms with Crippen LogP contribution < -0.4 is 29.0 Å². The molecule has 2 aliphatic carbocycles. The molecule has 2 aliphatic rings. The number of sulfonamides is 2. The third-order valence-corrected chi connectivity index (χ3v) is 19.5. The molecule has 4 N–H and O–H groups in total. The molecule has 2 amide bonds. The fraction of sp³-hybridized carbons (Fsp3) is 0.316. The summed E-state index contributed by atoms with van der Waals surface area (Å²) in [6.07, 6.45) is 9.74. The average molecular weight is 873 g/mol. The Balaban J connectivity index is 1.07. The molecule has 0 aromatic heterocycles. The quantitative estimate of drug-likeness (QED) is 0.143. The van der Waals surface area contributed by atoms with Gasteiger partial charge in [0.2, 0.25) is 0 Å². The topological polar surface area (TPSA) is 151 Å². The van der Waals surface area contributed by atoms with Gasteiger partial charge in [-0.3, -0.25) is 0 Å². The number of anilines is 2. The predicted molar refractivity (Wildman–Crippen MR) is 207 cm³/mol. The molecule has 0 unspecified atom stereocenters. The summed E-state index contributed by atoms with van der Waals surface area (Å²) in [6, 6.07) is 27.1. The van der Waals surface area contributed by atoms with E-state index in [1.807, 2.05) is 24.3 Å². The second-order valence-corrected chi connectivity index (χ2v) is 22.6. The Hall–Kier alpha value is -3.32. The third kappa shape index (κ3) is 10.2. The first-order valence-electron chi connectivity index (χ1n) is 17.5. The van der Waals surface area contributed by atoms with Crippen molar-refractivity contribution in [3.05, 3.63) is 108 Å². The van der Waals surface area contributed by atoms with Crippen molar-refractivity contribution in [3.8, 4) is 0 Å². The molecule has 2 saturated carbocycles. The molecule has 0 atom stereocenters. The Morgan fingerprint density at radius 2 is 0.827 bits per heavy atom. The first-order chi connectivity index (χ1) is 25.1. The van der Waals surface area contributed by atoms with Crippen LogP contribution in [-0.2, 0) is 20.0 Å². The van der Waals surface area contributed by atoms with Crippen LogP contribution in [0.4, 0.5) is 11.4 Å². The summed E-state index contributed by atoms with van der Waals surface area (Å²) in [5.41, 5.74) is 2.02. The van der Waals surface area contributed by atoms with Crippen LogP contribution in [0.2, 0.25) is 0 Å². The third-order valence-electron chi connectivity index (χ3n) is 9.18. The van der Waals surface area contributed by atoms with Crippen molar-refractivity contribution >= 4 is 78.4 Å². The zero-order valence-corrected chi connectivity index (χ0v) is 33.6. The van der Waals surface area contributed by atoms with E-state index in [2.05, 4.69) is 20.1 Å². The van der Waals surface area contributed by atoms with E-state index >= 15 is 0 Å². The SMILES string of the molecule is O=C(Nc1ccc(S(=O)(=O)NC2CCCCC2)cc1)c1ccccc1[Se][Se]c1ccccc1C(=O)Nc1ccc(S(=O)(=O)NC2CCCCC2)cc1. The van der Waals surface area contributed by atoms with Crippen LogP contribution >= 0.6 is 0 Å². The molecule has 6 rings (SSSR count). The molecular formula is C38H42N4O6S2Se2. The van der Waals surface area contributed by atoms with Gasteiger partial charge in [-0.1, -0.05) is 38.5 Å². The van der Waals surface area contributed by atoms with Crippen molar-refractivity contribution in [1.29, 1.82) is 0 Å². The van der Waals surface area contributed by atoms with Gasteiger partial charge in [0, 0.05) is 0 Å². The molecular weight excluding hydrogens is 830 g/mol. The summed E-state index contributed by atoms with van der Waals surface area (Å²) < 4.78 is 59.0. The van der Waals surface area contributed by atoms with Gasteiger partial charge in [-0.25, -0.2) is 0 Å². The molecule has 52 heavy (non-hydrogen) atoms. The predicted octanol–water partition coefficient (Wildman–Crippen LogP) is 4.69. The van der Waals surface area contributed by atoms with Crippen molar-refractivity contribution in [2.24, 2.45) is 0 Å². The molecule has 0 radical (unpaired) electrons. The van der Waals surface area contributed by atoms with Crippen LogP contribution in [0.5, 0.6) is 0 Å². The molecule has 10 nitrogen and oxygen atoms in total. The number of carbonyl (C=O) groups is 2. The molecule has 0 aliphatic heterocycles.